The number of ketones is 1. The average molecular weight is 465 g/mol. The first-order chi connectivity index (χ1) is 15.1. The van der Waals surface area contributed by atoms with Crippen molar-refractivity contribution in [1.82, 2.24) is 0 Å². The molecule has 0 amide bonds. The Labute approximate surface area is 188 Å². The highest BCUT2D eigenvalue weighted by Gasteiger charge is 2.30. The van der Waals surface area contributed by atoms with Crippen LogP contribution in [-0.2, 0) is 22.1 Å². The predicted molar refractivity (Wildman–Crippen MR) is 118 cm³/mol. The molecule has 170 valence electrons. The molecule has 3 aromatic rings. The summed E-state index contributed by atoms with van der Waals surface area (Å²) in [4.78, 5) is 25.0. The number of halogens is 3. The van der Waals surface area contributed by atoms with E-state index in [0.717, 1.165) is 26.8 Å². The van der Waals surface area contributed by atoms with Gasteiger partial charge in [-0.25, -0.2) is 4.79 Å². The minimum atomic E-state index is -4.39. The van der Waals surface area contributed by atoms with Crippen LogP contribution in [0.4, 0.5) is 13.2 Å². The van der Waals surface area contributed by atoms with Gasteiger partial charge in [0.1, 0.15) is 5.75 Å². The molecule has 1 aromatic heterocycles. The molecule has 1 heterocycles. The van der Waals surface area contributed by atoms with E-state index in [2.05, 4.69) is 0 Å². The molecule has 0 fully saturated rings. The molecule has 2 aromatic carbocycles. The summed E-state index contributed by atoms with van der Waals surface area (Å²) in [5.41, 5.74) is 1.35. The van der Waals surface area contributed by atoms with Gasteiger partial charge in [0.05, 0.1) is 12.2 Å². The van der Waals surface area contributed by atoms with E-state index in [1.54, 1.807) is 39.0 Å². The number of carbonyl (C=O) groups is 2. The summed E-state index contributed by atoms with van der Waals surface area (Å²) in [5, 5.41) is 0.575. The van der Waals surface area contributed by atoms with E-state index in [1.807, 2.05) is 0 Å². The summed E-state index contributed by atoms with van der Waals surface area (Å²) in [6.07, 6.45) is -3.70. The molecule has 0 atom stereocenters. The topological polar surface area (TPSA) is 52.6 Å². The molecule has 0 saturated heterocycles. The number of hydrogen-bond donors (Lipinski definition) is 0. The maximum Gasteiger partial charge on any atom is 0.416 e. The fraction of sp³-hybridized carbons (Fsp3) is 0.333. The van der Waals surface area contributed by atoms with Crippen LogP contribution in [0.15, 0.2) is 36.4 Å². The highest BCUT2D eigenvalue weighted by Crippen LogP contribution is 2.37. The fourth-order valence-electron chi connectivity index (χ4n) is 3.38. The number of carbonyl (C=O) groups excluding carboxylic acids is 2. The van der Waals surface area contributed by atoms with Crippen molar-refractivity contribution in [2.24, 2.45) is 0 Å². The summed E-state index contributed by atoms with van der Waals surface area (Å²) in [6, 6.07) is 8.73. The van der Waals surface area contributed by atoms with Crippen molar-refractivity contribution < 1.29 is 32.2 Å². The molecule has 0 N–H and O–H groups in total. The van der Waals surface area contributed by atoms with Crippen LogP contribution in [0.2, 0.25) is 0 Å². The van der Waals surface area contributed by atoms with Crippen molar-refractivity contribution in [3.63, 3.8) is 0 Å². The number of hydrogen-bond acceptors (Lipinski definition) is 5. The van der Waals surface area contributed by atoms with Crippen LogP contribution in [-0.4, -0.2) is 25.0 Å². The zero-order valence-corrected chi connectivity index (χ0v) is 18.8. The quantitative estimate of drug-likeness (QED) is 0.290. The van der Waals surface area contributed by atoms with Gasteiger partial charge in [-0.1, -0.05) is 0 Å². The Bertz CT molecular complexity index is 1150. The second kappa shape index (κ2) is 9.73. The maximum atomic E-state index is 13.0. The van der Waals surface area contributed by atoms with E-state index in [0.29, 0.717) is 23.1 Å². The second-order valence-electron chi connectivity index (χ2n) is 7.36. The predicted octanol–water partition coefficient (Wildman–Crippen LogP) is 6.29. The van der Waals surface area contributed by atoms with E-state index in [-0.39, 0.29) is 25.4 Å². The lowest BCUT2D eigenvalue weighted by Crippen LogP contribution is -2.15. The molecule has 4 nitrogen and oxygen atoms in total. The minimum Gasteiger partial charge on any atom is -0.482 e. The van der Waals surface area contributed by atoms with Crippen molar-refractivity contribution in [1.29, 1.82) is 0 Å². The Hall–Kier alpha value is -2.87. The number of thiophene rings is 1. The number of esters is 1. The third kappa shape index (κ3) is 5.48. The number of alkyl halides is 3. The largest absolute Gasteiger partial charge is 0.482 e. The van der Waals surface area contributed by atoms with E-state index in [4.69, 9.17) is 9.47 Å². The summed E-state index contributed by atoms with van der Waals surface area (Å²) in [7, 11) is 0. The van der Waals surface area contributed by atoms with Gasteiger partial charge in [0.2, 0.25) is 0 Å². The van der Waals surface area contributed by atoms with Crippen LogP contribution in [0, 0.1) is 13.8 Å². The van der Waals surface area contributed by atoms with Crippen LogP contribution >= 0.6 is 11.3 Å². The Kier molecular flexibility index (Phi) is 7.23. The van der Waals surface area contributed by atoms with Crippen LogP contribution in [0.5, 0.6) is 5.75 Å². The molecule has 8 heteroatoms. The van der Waals surface area contributed by atoms with Gasteiger partial charge >= 0.3 is 12.1 Å². The monoisotopic (exact) mass is 464 g/mol. The number of Topliss-reactive ketones (excluding diaryl/α,β-unsaturated/α-hetero) is 1. The third-order valence-electron chi connectivity index (χ3n) is 5.09. The van der Waals surface area contributed by atoms with Crippen LogP contribution < -0.4 is 4.74 Å². The van der Waals surface area contributed by atoms with E-state index in [9.17, 15) is 22.8 Å². The number of benzene rings is 2. The van der Waals surface area contributed by atoms with Crippen LogP contribution in [0.3, 0.4) is 0 Å². The smallest absolute Gasteiger partial charge is 0.416 e. The van der Waals surface area contributed by atoms with Gasteiger partial charge in [0, 0.05) is 21.6 Å². The third-order valence-corrected chi connectivity index (χ3v) is 6.42. The molecule has 0 aliphatic rings. The Morgan fingerprint density at radius 1 is 1.06 bits per heavy atom. The van der Waals surface area contributed by atoms with Crippen molar-refractivity contribution in [2.75, 3.05) is 13.2 Å². The lowest BCUT2D eigenvalue weighted by Gasteiger charge is -2.10. The van der Waals surface area contributed by atoms with E-state index in [1.165, 1.54) is 23.5 Å². The lowest BCUT2D eigenvalue weighted by molar-refractivity contribution is -0.145. The molecule has 3 rings (SSSR count). The second-order valence-corrected chi connectivity index (χ2v) is 8.49. The Balaban J connectivity index is 1.67. The van der Waals surface area contributed by atoms with Gasteiger partial charge in [0.15, 0.2) is 12.4 Å². The highest BCUT2D eigenvalue weighted by atomic mass is 32.1. The van der Waals surface area contributed by atoms with Gasteiger partial charge in [-0.2, -0.15) is 13.2 Å². The molecule has 0 aliphatic carbocycles. The molecular formula is C24H23F3O4S. The molecule has 0 aliphatic heterocycles. The van der Waals surface area contributed by atoms with Crippen molar-refractivity contribution in [3.05, 3.63) is 63.5 Å². The number of aryl methyl sites for hydroxylation is 3. The zero-order chi connectivity index (χ0) is 23.5. The summed E-state index contributed by atoms with van der Waals surface area (Å²) in [6.45, 7) is 5.36. The van der Waals surface area contributed by atoms with E-state index >= 15 is 0 Å². The van der Waals surface area contributed by atoms with Crippen LogP contribution in [0.25, 0.3) is 10.1 Å². The van der Waals surface area contributed by atoms with Gasteiger partial charge in [-0.05, 0) is 80.1 Å². The number of rotatable bonds is 8. The van der Waals surface area contributed by atoms with Gasteiger partial charge in [-0.3, -0.25) is 4.79 Å². The molecule has 32 heavy (non-hydrogen) atoms. The summed E-state index contributed by atoms with van der Waals surface area (Å²) < 4.78 is 50.0. The normalized spacial score (nSPS) is 11.6. The van der Waals surface area contributed by atoms with Gasteiger partial charge < -0.3 is 9.47 Å². The highest BCUT2D eigenvalue weighted by molar-refractivity contribution is 7.19. The number of fused-ring (bicyclic) bond motifs is 1. The SMILES string of the molecule is CCOC(=O)COc1ccc(C(=O)CCc2sc3ccc(C(F)(F)F)cc3c2C)cc1C. The average Bonchev–Trinajstić information content (AvgIpc) is 3.05. The minimum absolute atomic E-state index is 0.0714. The Morgan fingerprint density at radius 3 is 2.47 bits per heavy atom. The first-order valence-corrected chi connectivity index (χ1v) is 10.9. The van der Waals surface area contributed by atoms with E-state index < -0.39 is 17.7 Å². The standard InChI is InChI=1S/C24H23F3O4S/c1-4-30-23(29)13-31-20-8-5-16(11-14(20)2)19(28)7-10-21-15(3)18-12-17(24(25,26)27)6-9-22(18)32-21/h5-6,8-9,11-12H,4,7,10,13H2,1-3H3. The lowest BCUT2D eigenvalue weighted by atomic mass is 10.0. The molecular weight excluding hydrogens is 441 g/mol. The molecule has 0 saturated carbocycles. The first-order valence-electron chi connectivity index (χ1n) is 10.1. The molecule has 0 spiro atoms. The first kappa shape index (κ1) is 23.8. The molecule has 0 unspecified atom stereocenters. The van der Waals surface area contributed by atoms with Gasteiger partial charge in [0.25, 0.3) is 0 Å². The van der Waals surface area contributed by atoms with Crippen molar-refractivity contribution in [3.8, 4) is 5.75 Å². The summed E-state index contributed by atoms with van der Waals surface area (Å²) >= 11 is 1.42. The zero-order valence-electron chi connectivity index (χ0n) is 18.0. The fourth-order valence-corrected chi connectivity index (χ4v) is 4.57. The summed E-state index contributed by atoms with van der Waals surface area (Å²) in [5.74, 6) is -0.0404. The molecule has 0 radical (unpaired) electrons. The maximum absolute atomic E-state index is 13.0. The van der Waals surface area contributed by atoms with Gasteiger partial charge in [-0.15, -0.1) is 11.3 Å². The van der Waals surface area contributed by atoms with Crippen molar-refractivity contribution >= 4 is 33.2 Å². The van der Waals surface area contributed by atoms with Crippen LogP contribution in [0.1, 0.15) is 45.3 Å². The van der Waals surface area contributed by atoms with Crippen molar-refractivity contribution in [2.45, 2.75) is 39.8 Å². The molecule has 0 bridgehead atoms. The number of ether oxygens (including phenoxy) is 2. The Morgan fingerprint density at radius 2 is 1.81 bits per heavy atom.